The Hall–Kier alpha value is -0.490. The van der Waals surface area contributed by atoms with Crippen LogP contribution in [0.3, 0.4) is 0 Å². The highest BCUT2D eigenvalue weighted by Gasteiger charge is 2.55. The molecule has 7 heteroatoms. The summed E-state index contributed by atoms with van der Waals surface area (Å²) in [6, 6.07) is 0. The monoisotopic (exact) mass is 273 g/mol. The van der Waals surface area contributed by atoms with E-state index in [4.69, 9.17) is 11.6 Å². The van der Waals surface area contributed by atoms with E-state index in [-0.39, 0.29) is 19.0 Å². The van der Waals surface area contributed by atoms with Crippen LogP contribution in [0.4, 0.5) is 13.2 Å². The summed E-state index contributed by atoms with van der Waals surface area (Å²) >= 11 is 5.73. The zero-order chi connectivity index (χ0) is 13.3. The molecule has 0 aromatic heterocycles. The van der Waals surface area contributed by atoms with Gasteiger partial charge >= 0.3 is 6.18 Å². The number of aliphatic hydroxyl groups is 1. The van der Waals surface area contributed by atoms with E-state index < -0.39 is 30.0 Å². The van der Waals surface area contributed by atoms with Crippen molar-refractivity contribution in [3.63, 3.8) is 0 Å². The van der Waals surface area contributed by atoms with E-state index in [9.17, 15) is 23.1 Å². The molecule has 3 nitrogen and oxygen atoms in total. The first-order valence-electron chi connectivity index (χ1n) is 5.43. The van der Waals surface area contributed by atoms with E-state index in [1.807, 2.05) is 0 Å². The number of likely N-dealkylation sites (tertiary alicyclic amines) is 1. The normalized spacial score (nSPS) is 22.4. The summed E-state index contributed by atoms with van der Waals surface area (Å²) in [6.07, 6.45) is -5.20. The van der Waals surface area contributed by atoms with Gasteiger partial charge in [0.1, 0.15) is 5.38 Å². The lowest BCUT2D eigenvalue weighted by Crippen LogP contribution is -2.55. The zero-order valence-corrected chi connectivity index (χ0v) is 10.2. The van der Waals surface area contributed by atoms with Crippen LogP contribution in [-0.4, -0.2) is 46.2 Å². The average Bonchev–Trinajstić information content (AvgIpc) is 2.26. The van der Waals surface area contributed by atoms with Crippen molar-refractivity contribution in [2.75, 3.05) is 13.1 Å². The molecule has 0 aliphatic carbocycles. The predicted molar refractivity (Wildman–Crippen MR) is 56.8 cm³/mol. The summed E-state index contributed by atoms with van der Waals surface area (Å²) in [5.74, 6) is -0.363. The lowest BCUT2D eigenvalue weighted by atomic mass is 9.90. The molecule has 1 rings (SSSR count). The number of alkyl halides is 4. The second kappa shape index (κ2) is 5.02. The lowest BCUT2D eigenvalue weighted by molar-refractivity contribution is -0.272. The molecule has 100 valence electrons. The van der Waals surface area contributed by atoms with Crippen LogP contribution < -0.4 is 0 Å². The molecule has 0 saturated carbocycles. The van der Waals surface area contributed by atoms with E-state index in [0.717, 1.165) is 0 Å². The summed E-state index contributed by atoms with van der Waals surface area (Å²) < 4.78 is 37.5. The molecule has 1 fully saturated rings. The van der Waals surface area contributed by atoms with E-state index in [2.05, 4.69) is 0 Å². The minimum atomic E-state index is -4.65. The first kappa shape index (κ1) is 14.6. The fraction of sp³-hybridized carbons (Fsp3) is 0.900. The van der Waals surface area contributed by atoms with Gasteiger partial charge in [-0.05, 0) is 6.42 Å². The Morgan fingerprint density at radius 2 is 1.94 bits per heavy atom. The van der Waals surface area contributed by atoms with Crippen LogP contribution in [0.2, 0.25) is 0 Å². The summed E-state index contributed by atoms with van der Waals surface area (Å²) in [4.78, 5) is 12.9. The number of hydrogen-bond donors (Lipinski definition) is 1. The summed E-state index contributed by atoms with van der Waals surface area (Å²) in [7, 11) is 0. The van der Waals surface area contributed by atoms with Gasteiger partial charge in [-0.2, -0.15) is 13.2 Å². The molecular formula is C10H15ClF3NO2. The van der Waals surface area contributed by atoms with Crippen LogP contribution in [-0.2, 0) is 4.79 Å². The highest BCUT2D eigenvalue weighted by Crippen LogP contribution is 2.38. The van der Waals surface area contributed by atoms with Crippen molar-refractivity contribution in [1.29, 1.82) is 0 Å². The van der Waals surface area contributed by atoms with Gasteiger partial charge in [-0.15, -0.1) is 11.6 Å². The molecule has 0 radical (unpaired) electrons. The number of piperidine rings is 1. The van der Waals surface area contributed by atoms with Crippen LogP contribution in [0.25, 0.3) is 0 Å². The molecule has 0 bridgehead atoms. The Morgan fingerprint density at radius 1 is 1.47 bits per heavy atom. The van der Waals surface area contributed by atoms with Crippen LogP contribution in [0.5, 0.6) is 0 Å². The van der Waals surface area contributed by atoms with Crippen molar-refractivity contribution in [2.24, 2.45) is 0 Å². The highest BCUT2D eigenvalue weighted by atomic mass is 35.5. The number of nitrogens with zero attached hydrogens (tertiary/aromatic N) is 1. The highest BCUT2D eigenvalue weighted by molar-refractivity contribution is 6.30. The number of rotatable bonds is 2. The van der Waals surface area contributed by atoms with Crippen molar-refractivity contribution in [2.45, 2.75) is 43.3 Å². The average molecular weight is 274 g/mol. The maximum Gasteiger partial charge on any atom is 0.417 e. The van der Waals surface area contributed by atoms with Gasteiger partial charge in [-0.25, -0.2) is 0 Å². The minimum absolute atomic E-state index is 0.113. The second-order valence-corrected chi connectivity index (χ2v) is 4.76. The minimum Gasteiger partial charge on any atom is -0.380 e. The van der Waals surface area contributed by atoms with Crippen LogP contribution in [0, 0.1) is 0 Å². The number of amides is 1. The first-order valence-corrected chi connectivity index (χ1v) is 5.87. The quantitative estimate of drug-likeness (QED) is 0.781. The summed E-state index contributed by atoms with van der Waals surface area (Å²) in [5, 5.41) is 8.71. The SMILES string of the molecule is CCC(Cl)C(=O)N1CCC(O)(C(F)(F)F)CC1. The molecular weight excluding hydrogens is 259 g/mol. The molecule has 1 aliphatic heterocycles. The number of carbonyl (C=O) groups excluding carboxylic acids is 1. The van der Waals surface area contributed by atoms with Gasteiger partial charge in [-0.1, -0.05) is 6.92 Å². The van der Waals surface area contributed by atoms with Crippen molar-refractivity contribution in [1.82, 2.24) is 4.90 Å². The Balaban J connectivity index is 2.60. The Morgan fingerprint density at radius 3 is 2.29 bits per heavy atom. The molecule has 0 spiro atoms. The lowest BCUT2D eigenvalue weighted by Gasteiger charge is -2.39. The van der Waals surface area contributed by atoms with Gasteiger partial charge in [0.05, 0.1) is 0 Å². The molecule has 1 heterocycles. The standard InChI is InChI=1S/C10H15ClF3NO2/c1-2-7(11)8(16)15-5-3-9(17,4-6-15)10(12,13)14/h7,17H,2-6H2,1H3. The van der Waals surface area contributed by atoms with Gasteiger partial charge in [0.2, 0.25) is 5.91 Å². The Kier molecular flexibility index (Phi) is 4.30. The zero-order valence-electron chi connectivity index (χ0n) is 9.43. The van der Waals surface area contributed by atoms with Crippen molar-refractivity contribution >= 4 is 17.5 Å². The third-order valence-corrected chi connectivity index (χ3v) is 3.55. The van der Waals surface area contributed by atoms with E-state index >= 15 is 0 Å². The fourth-order valence-corrected chi connectivity index (χ4v) is 1.89. The van der Waals surface area contributed by atoms with Crippen LogP contribution >= 0.6 is 11.6 Å². The smallest absolute Gasteiger partial charge is 0.380 e. The molecule has 1 saturated heterocycles. The Labute approximate surface area is 103 Å². The van der Waals surface area contributed by atoms with Gasteiger partial charge in [0.25, 0.3) is 0 Å². The molecule has 17 heavy (non-hydrogen) atoms. The van der Waals surface area contributed by atoms with Crippen LogP contribution in [0.1, 0.15) is 26.2 Å². The maximum atomic E-state index is 12.5. The molecule has 1 amide bonds. The number of halogens is 4. The predicted octanol–water partition coefficient (Wildman–Crippen LogP) is 1.92. The van der Waals surface area contributed by atoms with E-state index in [0.29, 0.717) is 6.42 Å². The van der Waals surface area contributed by atoms with Crippen molar-refractivity contribution in [3.05, 3.63) is 0 Å². The van der Waals surface area contributed by atoms with Crippen molar-refractivity contribution < 1.29 is 23.1 Å². The molecule has 0 aromatic rings. The van der Waals surface area contributed by atoms with Gasteiger partial charge in [0.15, 0.2) is 5.60 Å². The third-order valence-electron chi connectivity index (χ3n) is 3.06. The number of carbonyl (C=O) groups is 1. The van der Waals surface area contributed by atoms with E-state index in [1.54, 1.807) is 6.92 Å². The topological polar surface area (TPSA) is 40.5 Å². The molecule has 1 unspecified atom stereocenters. The molecule has 1 N–H and O–H groups in total. The van der Waals surface area contributed by atoms with Crippen molar-refractivity contribution in [3.8, 4) is 0 Å². The molecule has 1 atom stereocenters. The first-order chi connectivity index (χ1) is 7.71. The van der Waals surface area contributed by atoms with Gasteiger partial charge in [-0.3, -0.25) is 4.79 Å². The van der Waals surface area contributed by atoms with E-state index in [1.165, 1.54) is 4.90 Å². The maximum absolute atomic E-state index is 12.5. The van der Waals surface area contributed by atoms with Crippen LogP contribution in [0.15, 0.2) is 0 Å². The second-order valence-electron chi connectivity index (χ2n) is 4.23. The van der Waals surface area contributed by atoms with Gasteiger partial charge < -0.3 is 10.0 Å². The fourth-order valence-electron chi connectivity index (χ4n) is 1.75. The largest absolute Gasteiger partial charge is 0.417 e. The summed E-state index contributed by atoms with van der Waals surface area (Å²) in [6.45, 7) is 1.50. The summed E-state index contributed by atoms with van der Waals surface area (Å²) in [5.41, 5.74) is -2.67. The third kappa shape index (κ3) is 3.04. The number of hydrogen-bond acceptors (Lipinski definition) is 2. The molecule has 0 aromatic carbocycles. The Bertz CT molecular complexity index is 288. The molecule has 1 aliphatic rings. The van der Waals surface area contributed by atoms with Gasteiger partial charge in [0, 0.05) is 25.9 Å².